The molecule has 22 heteroatoms. The molecule has 462 valence electrons. The number of unbranched alkanes of at least 4 members (excludes halogenated alkanes) is 10. The lowest BCUT2D eigenvalue weighted by molar-refractivity contribution is -0.150. The number of nitrogens with zero attached hydrogens (tertiary/aromatic N) is 6. The van der Waals surface area contributed by atoms with Crippen LogP contribution in [0.3, 0.4) is 0 Å². The predicted octanol–water partition coefficient (Wildman–Crippen LogP) is 9.79. The number of aryl methyl sites for hydroxylation is 3. The number of carbonyl (C=O) groups excluding carboxylic acids is 5. The van der Waals surface area contributed by atoms with E-state index in [2.05, 4.69) is 45.0 Å². The van der Waals surface area contributed by atoms with Gasteiger partial charge in [0.2, 0.25) is 23.6 Å². The molecule has 5 heterocycles. The lowest BCUT2D eigenvalue weighted by atomic mass is 9.85. The smallest absolute Gasteiger partial charge is 0.306 e. The molecule has 3 aromatic heterocycles. The van der Waals surface area contributed by atoms with Crippen LogP contribution >= 0.6 is 34.3 Å². The number of hydrogen-bond acceptors (Lipinski definition) is 16. The molecule has 4 amide bonds. The number of fused-ring (bicyclic) bond motifs is 3. The van der Waals surface area contributed by atoms with Gasteiger partial charge in [-0.1, -0.05) is 127 Å². The molecule has 5 N–H and O–H groups in total. The molecule has 1 fully saturated rings. The number of ether oxygens (including phenoxy) is 4. The number of nitrogens with two attached hydrogens (primary N) is 1. The lowest BCUT2D eigenvalue weighted by Crippen LogP contribution is -2.58. The van der Waals surface area contributed by atoms with E-state index in [1.807, 2.05) is 93.2 Å². The second kappa shape index (κ2) is 33.3. The second-order valence-electron chi connectivity index (χ2n) is 23.1. The molecule has 85 heavy (non-hydrogen) atoms. The minimum atomic E-state index is -1.03. The highest BCUT2D eigenvalue weighted by atomic mass is 35.5. The average Bonchev–Trinajstić information content (AvgIpc) is 2.10. The number of carbonyl (C=O) groups is 5. The number of rotatable bonds is 34. The van der Waals surface area contributed by atoms with Crippen LogP contribution in [0.25, 0.3) is 15.4 Å². The van der Waals surface area contributed by atoms with Crippen molar-refractivity contribution in [2.24, 2.45) is 16.1 Å². The number of hydrogen-bond donors (Lipinski definition) is 4. The summed E-state index contributed by atoms with van der Waals surface area (Å²) in [6.45, 7) is 15.6. The largest absolute Gasteiger partial charge is 0.460 e. The second-order valence-corrected chi connectivity index (χ2v) is 25.6. The van der Waals surface area contributed by atoms with Gasteiger partial charge in [0.15, 0.2) is 5.82 Å². The molecular weight excluding hydrogens is 1140 g/mol. The molecule has 5 aromatic rings. The normalized spacial score (nSPS) is 16.1. The van der Waals surface area contributed by atoms with Crippen molar-refractivity contribution in [2.75, 3.05) is 59.3 Å². The van der Waals surface area contributed by atoms with Gasteiger partial charge in [-0.3, -0.25) is 33.5 Å². The van der Waals surface area contributed by atoms with Gasteiger partial charge in [-0.15, -0.1) is 32.9 Å². The SMILES string of the molecule is Cc1ncsc1-c1ccc(CNC(=O)[C@@H]2C[C@@H](OC(=O)CCCCCCCCCCCCCN)CN2C(=O)[C@@H](NC(=O)COCCOCCOCCNC(=O)C[C@@H]2N=C(c3ccc(Cl)cc3)c3c(sc(C)c3C)-n3c(C)nnc32)C(C)(C)C)cc1. The zero-order valence-electron chi connectivity index (χ0n) is 50.6. The summed E-state index contributed by atoms with van der Waals surface area (Å²) in [5, 5.41) is 19.3. The molecule has 0 saturated carbocycles. The van der Waals surface area contributed by atoms with Gasteiger partial charge in [-0.05, 0) is 81.3 Å². The maximum atomic E-state index is 14.6. The van der Waals surface area contributed by atoms with Crippen molar-refractivity contribution in [1.29, 1.82) is 0 Å². The fraction of sp³-hybridized carbons (Fsp3) is 0.571. The average molecular weight is 1230 g/mol. The molecule has 0 bridgehead atoms. The van der Waals surface area contributed by atoms with Crippen LogP contribution in [0.15, 0.2) is 59.0 Å². The highest BCUT2D eigenvalue weighted by Crippen LogP contribution is 2.40. The number of aromatic nitrogens is 4. The number of likely N-dealkylation sites (tertiary alicyclic amines) is 1. The van der Waals surface area contributed by atoms with E-state index in [0.29, 0.717) is 23.1 Å². The fourth-order valence-corrected chi connectivity index (χ4v) is 12.7. The molecule has 0 radical (unpaired) electrons. The van der Waals surface area contributed by atoms with Crippen molar-refractivity contribution in [3.63, 3.8) is 0 Å². The highest BCUT2D eigenvalue weighted by Gasteiger charge is 2.46. The molecule has 2 aliphatic rings. The van der Waals surface area contributed by atoms with Crippen LogP contribution in [-0.4, -0.2) is 137 Å². The molecule has 2 aliphatic heterocycles. The summed E-state index contributed by atoms with van der Waals surface area (Å²) in [5.74, 6) is -0.595. The Kier molecular flexibility index (Phi) is 26.1. The monoisotopic (exact) mass is 1230 g/mol. The minimum Gasteiger partial charge on any atom is -0.460 e. The number of nitrogens with one attached hydrogen (secondary N) is 3. The van der Waals surface area contributed by atoms with Crippen molar-refractivity contribution >= 4 is 69.6 Å². The van der Waals surface area contributed by atoms with Crippen LogP contribution in [0.1, 0.15) is 161 Å². The summed E-state index contributed by atoms with van der Waals surface area (Å²) >= 11 is 9.48. The standard InChI is InChI=1S/C63H87ClN10O9S2/c1-41-43(3)85-62-55(41)56(46-24-26-48(64)27-25-46)69-50(59-72-71-44(4)74(59)62)36-52(75)66-29-30-80-31-32-81-33-34-82-39-53(76)70-58(63(5,6)7)61(79)73-38-49(83-54(77)19-17-15-13-11-9-8-10-12-14-16-18-28-65)35-51(73)60(78)67-37-45-20-22-47(23-21-45)57-42(2)68-40-84-57/h20-27,40,49-51,58H,8-19,28-39,65H2,1-7H3,(H,66,75)(H,67,78)(H,70,76)/t49-,50+,51+,58-/m1/s1. The predicted molar refractivity (Wildman–Crippen MR) is 333 cm³/mol. The van der Waals surface area contributed by atoms with E-state index in [1.54, 1.807) is 22.7 Å². The van der Waals surface area contributed by atoms with Gasteiger partial charge in [0, 0.05) is 47.0 Å². The van der Waals surface area contributed by atoms with E-state index < -0.39 is 41.5 Å². The van der Waals surface area contributed by atoms with E-state index in [1.165, 1.54) is 43.4 Å². The maximum Gasteiger partial charge on any atom is 0.306 e. The Morgan fingerprint density at radius 3 is 2.06 bits per heavy atom. The van der Waals surface area contributed by atoms with E-state index in [0.717, 1.165) is 86.2 Å². The Balaban J connectivity index is 0.829. The summed E-state index contributed by atoms with van der Waals surface area (Å²) in [7, 11) is 0. The zero-order valence-corrected chi connectivity index (χ0v) is 53.0. The van der Waals surface area contributed by atoms with Crippen molar-refractivity contribution in [3.05, 3.63) is 104 Å². The molecule has 7 rings (SSSR count). The van der Waals surface area contributed by atoms with Gasteiger partial charge in [0.1, 0.15) is 41.7 Å². The molecule has 0 aliphatic carbocycles. The minimum absolute atomic E-state index is 0.0115. The lowest BCUT2D eigenvalue weighted by Gasteiger charge is -2.35. The first kappa shape index (κ1) is 66.6. The Morgan fingerprint density at radius 1 is 0.776 bits per heavy atom. The third-order valence-electron chi connectivity index (χ3n) is 15.4. The molecule has 0 unspecified atom stereocenters. The van der Waals surface area contributed by atoms with E-state index in [4.69, 9.17) is 41.3 Å². The van der Waals surface area contributed by atoms with Gasteiger partial charge in [-0.2, -0.15) is 0 Å². The van der Waals surface area contributed by atoms with Crippen molar-refractivity contribution in [3.8, 4) is 15.4 Å². The topological polar surface area (TPSA) is 244 Å². The first-order valence-corrected chi connectivity index (χ1v) is 32.1. The highest BCUT2D eigenvalue weighted by molar-refractivity contribution is 7.15. The molecule has 19 nitrogen and oxygen atoms in total. The third kappa shape index (κ3) is 19.5. The summed E-state index contributed by atoms with van der Waals surface area (Å²) in [6.07, 6.45) is 12.0. The van der Waals surface area contributed by atoms with Gasteiger partial charge in [-0.25, -0.2) is 4.98 Å². The zero-order chi connectivity index (χ0) is 60.9. The summed E-state index contributed by atoms with van der Waals surface area (Å²) in [6, 6.07) is 12.9. The number of thiophene rings is 1. The third-order valence-corrected chi connectivity index (χ3v) is 17.8. The van der Waals surface area contributed by atoms with Gasteiger partial charge in [0.25, 0.3) is 0 Å². The van der Waals surface area contributed by atoms with Crippen LogP contribution in [0.4, 0.5) is 0 Å². The first-order chi connectivity index (χ1) is 40.9. The first-order valence-electron chi connectivity index (χ1n) is 30.1. The maximum absolute atomic E-state index is 14.6. The summed E-state index contributed by atoms with van der Waals surface area (Å²) in [4.78, 5) is 81.9. The Morgan fingerprint density at radius 2 is 1.41 bits per heavy atom. The molecule has 4 atom stereocenters. The van der Waals surface area contributed by atoms with Gasteiger partial charge < -0.3 is 45.5 Å². The fourth-order valence-electron chi connectivity index (χ4n) is 10.5. The number of aliphatic imine (C=N–C) groups is 1. The van der Waals surface area contributed by atoms with Crippen LogP contribution in [0.2, 0.25) is 5.02 Å². The van der Waals surface area contributed by atoms with E-state index in [-0.39, 0.29) is 96.3 Å². The molecule has 1 saturated heterocycles. The molecular formula is C63H87ClN10O9S2. The van der Waals surface area contributed by atoms with Gasteiger partial charge >= 0.3 is 5.97 Å². The van der Waals surface area contributed by atoms with Crippen LogP contribution < -0.4 is 21.7 Å². The molecule has 2 aromatic carbocycles. The summed E-state index contributed by atoms with van der Waals surface area (Å²) < 4.78 is 25.0. The van der Waals surface area contributed by atoms with Gasteiger partial charge in [0.05, 0.1) is 67.8 Å². The van der Waals surface area contributed by atoms with E-state index in [9.17, 15) is 24.0 Å². The Labute approximate surface area is 514 Å². The van der Waals surface area contributed by atoms with Crippen LogP contribution in [-0.2, 0) is 49.5 Å². The van der Waals surface area contributed by atoms with E-state index >= 15 is 0 Å². The number of halogens is 1. The number of esters is 1. The number of benzene rings is 2. The van der Waals surface area contributed by atoms with Crippen LogP contribution in [0.5, 0.6) is 0 Å². The van der Waals surface area contributed by atoms with Crippen molar-refractivity contribution < 1.29 is 42.9 Å². The Bertz CT molecular complexity index is 3010. The van der Waals surface area contributed by atoms with Crippen molar-refractivity contribution in [1.82, 2.24) is 40.6 Å². The number of amides is 4. The number of thiazole rings is 1. The summed E-state index contributed by atoms with van der Waals surface area (Å²) in [5.41, 5.74) is 13.3. The van der Waals surface area contributed by atoms with Crippen molar-refractivity contribution in [2.45, 2.75) is 169 Å². The Hall–Kier alpha value is -5.94. The van der Waals surface area contributed by atoms with Crippen LogP contribution in [0, 0.1) is 33.1 Å². The molecule has 0 spiro atoms. The quantitative estimate of drug-likeness (QED) is 0.0222.